The Morgan fingerprint density at radius 3 is 2.60 bits per heavy atom. The first kappa shape index (κ1) is 12.1. The van der Waals surface area contributed by atoms with Crippen molar-refractivity contribution >= 4 is 0 Å². The van der Waals surface area contributed by atoms with Crippen molar-refractivity contribution in [3.05, 3.63) is 35.1 Å². The highest BCUT2D eigenvalue weighted by Gasteiger charge is 2.26. The molecule has 84 valence electrons. The van der Waals surface area contributed by atoms with E-state index in [1.54, 1.807) is 19.1 Å². The summed E-state index contributed by atoms with van der Waals surface area (Å²) in [6.07, 6.45) is 1.07. The number of benzene rings is 1. The first-order chi connectivity index (χ1) is 7.03. The maximum atomic E-state index is 13.1. The molecule has 0 amide bonds. The third kappa shape index (κ3) is 2.55. The summed E-state index contributed by atoms with van der Waals surface area (Å²) in [5, 5.41) is 10.3. The molecule has 3 N–H and O–H groups in total. The average molecular weight is 211 g/mol. The molecule has 0 aliphatic rings. The molecule has 0 spiro atoms. The Balaban J connectivity index is 3.07. The fraction of sp³-hybridized carbons (Fsp3) is 0.500. The van der Waals surface area contributed by atoms with Gasteiger partial charge in [0.25, 0.3) is 0 Å². The summed E-state index contributed by atoms with van der Waals surface area (Å²) in [7, 11) is 0. The van der Waals surface area contributed by atoms with E-state index in [1.807, 2.05) is 6.92 Å². The summed E-state index contributed by atoms with van der Waals surface area (Å²) in [5.74, 6) is -0.245. The fourth-order valence-electron chi connectivity index (χ4n) is 1.70. The third-order valence-corrected chi connectivity index (χ3v) is 2.84. The van der Waals surface area contributed by atoms with Crippen molar-refractivity contribution in [2.45, 2.75) is 32.3 Å². The predicted molar refractivity (Wildman–Crippen MR) is 59.0 cm³/mol. The molecular formula is C12H18FNO. The van der Waals surface area contributed by atoms with E-state index in [2.05, 4.69) is 0 Å². The molecule has 2 nitrogen and oxygen atoms in total. The van der Waals surface area contributed by atoms with Crippen LogP contribution in [0.3, 0.4) is 0 Å². The van der Waals surface area contributed by atoms with Crippen LogP contribution >= 0.6 is 0 Å². The van der Waals surface area contributed by atoms with Gasteiger partial charge in [0, 0.05) is 0 Å². The lowest BCUT2D eigenvalue weighted by Crippen LogP contribution is -2.28. The van der Waals surface area contributed by atoms with Crippen molar-refractivity contribution in [2.75, 3.05) is 6.54 Å². The average Bonchev–Trinajstić information content (AvgIpc) is 2.22. The van der Waals surface area contributed by atoms with E-state index in [-0.39, 0.29) is 5.82 Å². The van der Waals surface area contributed by atoms with Crippen LogP contribution in [0.4, 0.5) is 4.39 Å². The zero-order valence-corrected chi connectivity index (χ0v) is 9.26. The topological polar surface area (TPSA) is 46.2 Å². The van der Waals surface area contributed by atoms with Gasteiger partial charge in [-0.3, -0.25) is 0 Å². The highest BCUT2D eigenvalue weighted by molar-refractivity contribution is 5.28. The predicted octanol–water partition coefficient (Wildman–Crippen LogP) is 2.08. The molecule has 0 aromatic heterocycles. The number of nitrogens with two attached hydrogens (primary N) is 1. The van der Waals surface area contributed by atoms with Crippen LogP contribution in [0.2, 0.25) is 0 Å². The van der Waals surface area contributed by atoms with Crippen LogP contribution in [-0.4, -0.2) is 11.7 Å². The SMILES string of the molecule is CCC(O)(CCN)c1ccc(F)c(C)c1. The van der Waals surface area contributed by atoms with E-state index in [1.165, 1.54) is 6.07 Å². The lowest BCUT2D eigenvalue weighted by molar-refractivity contribution is 0.0258. The second-order valence-electron chi connectivity index (χ2n) is 3.89. The van der Waals surface area contributed by atoms with Gasteiger partial charge in [0.1, 0.15) is 5.82 Å². The van der Waals surface area contributed by atoms with E-state index in [0.717, 1.165) is 5.56 Å². The van der Waals surface area contributed by atoms with Gasteiger partial charge in [-0.15, -0.1) is 0 Å². The maximum Gasteiger partial charge on any atom is 0.126 e. The van der Waals surface area contributed by atoms with Crippen LogP contribution in [0, 0.1) is 12.7 Å². The van der Waals surface area contributed by atoms with Crippen molar-refractivity contribution < 1.29 is 9.50 Å². The zero-order chi connectivity index (χ0) is 11.5. The van der Waals surface area contributed by atoms with Gasteiger partial charge in [0.15, 0.2) is 0 Å². The molecule has 1 aromatic rings. The molecule has 3 heteroatoms. The van der Waals surface area contributed by atoms with Crippen LogP contribution < -0.4 is 5.73 Å². The lowest BCUT2D eigenvalue weighted by Gasteiger charge is -2.27. The monoisotopic (exact) mass is 211 g/mol. The Morgan fingerprint density at radius 1 is 1.47 bits per heavy atom. The fourth-order valence-corrected chi connectivity index (χ4v) is 1.70. The summed E-state index contributed by atoms with van der Waals surface area (Å²) >= 11 is 0. The van der Waals surface area contributed by atoms with E-state index >= 15 is 0 Å². The molecule has 0 aliphatic heterocycles. The molecule has 0 saturated carbocycles. The van der Waals surface area contributed by atoms with Crippen molar-refractivity contribution in [3.8, 4) is 0 Å². The Labute approximate surface area is 89.9 Å². The van der Waals surface area contributed by atoms with Gasteiger partial charge in [0.2, 0.25) is 0 Å². The molecular weight excluding hydrogens is 193 g/mol. The second-order valence-corrected chi connectivity index (χ2v) is 3.89. The Kier molecular flexibility index (Phi) is 3.83. The number of hydrogen-bond donors (Lipinski definition) is 2. The van der Waals surface area contributed by atoms with Crippen molar-refractivity contribution in [3.63, 3.8) is 0 Å². The number of aryl methyl sites for hydroxylation is 1. The standard InChI is InChI=1S/C12H18FNO/c1-3-12(15,6-7-14)10-4-5-11(13)9(2)8-10/h4-5,8,15H,3,6-7,14H2,1-2H3. The van der Waals surface area contributed by atoms with Crippen molar-refractivity contribution in [1.29, 1.82) is 0 Å². The molecule has 0 aliphatic carbocycles. The van der Waals surface area contributed by atoms with Crippen molar-refractivity contribution in [2.24, 2.45) is 5.73 Å². The molecule has 0 saturated heterocycles. The highest BCUT2D eigenvalue weighted by atomic mass is 19.1. The quantitative estimate of drug-likeness (QED) is 0.801. The van der Waals surface area contributed by atoms with E-state index in [4.69, 9.17) is 5.73 Å². The van der Waals surface area contributed by atoms with E-state index in [9.17, 15) is 9.50 Å². The van der Waals surface area contributed by atoms with Crippen molar-refractivity contribution in [1.82, 2.24) is 0 Å². The van der Waals surface area contributed by atoms with Gasteiger partial charge < -0.3 is 10.8 Å². The van der Waals surface area contributed by atoms with Crippen LogP contribution in [0.15, 0.2) is 18.2 Å². The van der Waals surface area contributed by atoms with Gasteiger partial charge in [-0.05, 0) is 43.5 Å². The van der Waals surface area contributed by atoms with Gasteiger partial charge in [-0.25, -0.2) is 4.39 Å². The Hall–Kier alpha value is -0.930. The largest absolute Gasteiger partial charge is 0.385 e. The summed E-state index contributed by atoms with van der Waals surface area (Å²) in [5.41, 5.74) is 5.83. The molecule has 0 fully saturated rings. The summed E-state index contributed by atoms with van der Waals surface area (Å²) < 4.78 is 13.1. The minimum atomic E-state index is -0.923. The van der Waals surface area contributed by atoms with Crippen LogP contribution in [-0.2, 0) is 5.60 Å². The maximum absolute atomic E-state index is 13.1. The Bertz CT molecular complexity index is 340. The van der Waals surface area contributed by atoms with Gasteiger partial charge in [-0.2, -0.15) is 0 Å². The van der Waals surface area contributed by atoms with Gasteiger partial charge >= 0.3 is 0 Å². The second kappa shape index (κ2) is 4.73. The van der Waals surface area contributed by atoms with E-state index in [0.29, 0.717) is 24.9 Å². The molecule has 0 radical (unpaired) electrons. The number of rotatable bonds is 4. The molecule has 1 aromatic carbocycles. The van der Waals surface area contributed by atoms with Gasteiger partial charge in [0.05, 0.1) is 5.60 Å². The van der Waals surface area contributed by atoms with E-state index < -0.39 is 5.60 Å². The summed E-state index contributed by atoms with van der Waals surface area (Å²) in [6.45, 7) is 4.01. The first-order valence-corrected chi connectivity index (χ1v) is 5.22. The number of aliphatic hydroxyl groups is 1. The van der Waals surface area contributed by atoms with Gasteiger partial charge in [-0.1, -0.05) is 19.1 Å². The molecule has 1 atom stereocenters. The molecule has 1 unspecified atom stereocenters. The molecule has 0 heterocycles. The minimum Gasteiger partial charge on any atom is -0.385 e. The summed E-state index contributed by atoms with van der Waals surface area (Å²) in [6, 6.07) is 4.71. The lowest BCUT2D eigenvalue weighted by atomic mass is 9.87. The zero-order valence-electron chi connectivity index (χ0n) is 9.26. The normalized spacial score (nSPS) is 15.0. The molecule has 0 bridgehead atoms. The van der Waals surface area contributed by atoms with Crippen LogP contribution in [0.25, 0.3) is 0 Å². The first-order valence-electron chi connectivity index (χ1n) is 5.22. The Morgan fingerprint density at radius 2 is 2.13 bits per heavy atom. The summed E-state index contributed by atoms with van der Waals surface area (Å²) in [4.78, 5) is 0. The smallest absolute Gasteiger partial charge is 0.126 e. The number of halogens is 1. The van der Waals surface area contributed by atoms with Crippen LogP contribution in [0.5, 0.6) is 0 Å². The highest BCUT2D eigenvalue weighted by Crippen LogP contribution is 2.29. The molecule has 15 heavy (non-hydrogen) atoms. The third-order valence-electron chi connectivity index (χ3n) is 2.84. The number of hydrogen-bond acceptors (Lipinski definition) is 2. The van der Waals surface area contributed by atoms with Crippen LogP contribution in [0.1, 0.15) is 30.9 Å². The molecule has 1 rings (SSSR count). The minimum absolute atomic E-state index is 0.245.